The quantitative estimate of drug-likeness (QED) is 0.259. The number of rotatable bonds is 6. The lowest BCUT2D eigenvalue weighted by Gasteiger charge is -2.36. The number of hydroxylamine groups is 2. The molecular weight excluding hydrogens is 527 g/mol. The van der Waals surface area contributed by atoms with E-state index in [9.17, 15) is 23.2 Å². The zero-order valence-corrected chi connectivity index (χ0v) is 21.5. The van der Waals surface area contributed by atoms with E-state index >= 15 is 0 Å². The van der Waals surface area contributed by atoms with Crippen molar-refractivity contribution in [2.75, 3.05) is 6.54 Å². The fraction of sp³-hybridized carbons (Fsp3) is 0.200. The average Bonchev–Trinajstić information content (AvgIpc) is 2.92. The summed E-state index contributed by atoms with van der Waals surface area (Å²) in [5.74, 6) is -3.63. The zero-order valence-electron chi connectivity index (χ0n) is 20.8. The molecule has 0 radical (unpaired) electrons. The molecule has 1 aliphatic rings. The van der Waals surface area contributed by atoms with Crippen LogP contribution >= 0.6 is 11.6 Å². The van der Waals surface area contributed by atoms with Crippen LogP contribution in [0.3, 0.4) is 0 Å². The molecule has 5 nitrogen and oxygen atoms in total. The van der Waals surface area contributed by atoms with Crippen molar-refractivity contribution in [3.8, 4) is 22.3 Å². The number of pyridine rings is 1. The lowest BCUT2D eigenvalue weighted by Crippen LogP contribution is -2.41. The molecule has 2 unspecified atom stereocenters. The molecule has 1 saturated heterocycles. The summed E-state index contributed by atoms with van der Waals surface area (Å²) >= 11 is 6.32. The third kappa shape index (κ3) is 5.54. The predicted molar refractivity (Wildman–Crippen MR) is 143 cm³/mol. The van der Waals surface area contributed by atoms with Crippen LogP contribution in [0.2, 0.25) is 5.15 Å². The van der Waals surface area contributed by atoms with E-state index in [4.69, 9.17) is 17.3 Å². The topological polar surface area (TPSA) is 79.5 Å². The molecule has 0 bridgehead atoms. The van der Waals surface area contributed by atoms with Crippen molar-refractivity contribution in [3.63, 3.8) is 0 Å². The Bertz CT molecular complexity index is 1530. The molecule has 1 amide bonds. The Morgan fingerprint density at radius 1 is 1.00 bits per heavy atom. The van der Waals surface area contributed by atoms with Gasteiger partial charge in [-0.1, -0.05) is 54.1 Å². The van der Waals surface area contributed by atoms with Gasteiger partial charge < -0.3 is 10.9 Å². The number of amides is 1. The van der Waals surface area contributed by atoms with Crippen molar-refractivity contribution < 1.29 is 23.2 Å². The van der Waals surface area contributed by atoms with Gasteiger partial charge in [-0.15, -0.1) is 0 Å². The van der Waals surface area contributed by atoms with Crippen LogP contribution in [0.25, 0.3) is 22.3 Å². The first-order valence-corrected chi connectivity index (χ1v) is 12.8. The number of hydrogen-bond acceptors (Lipinski definition) is 4. The molecule has 9 heteroatoms. The summed E-state index contributed by atoms with van der Waals surface area (Å²) in [6.07, 6.45) is 2.43. The van der Waals surface area contributed by atoms with Gasteiger partial charge in [-0.05, 0) is 71.7 Å². The van der Waals surface area contributed by atoms with Crippen molar-refractivity contribution >= 4 is 17.5 Å². The molecule has 4 aromatic rings. The number of aromatic nitrogens is 1. The van der Waals surface area contributed by atoms with E-state index in [1.54, 1.807) is 6.07 Å². The number of benzene rings is 3. The van der Waals surface area contributed by atoms with Gasteiger partial charge in [0.05, 0.1) is 5.56 Å². The van der Waals surface area contributed by atoms with E-state index in [0.29, 0.717) is 36.0 Å². The number of piperidine rings is 1. The summed E-state index contributed by atoms with van der Waals surface area (Å²) in [6.45, 7) is 0.252. The largest absolute Gasteiger partial charge is 0.366 e. The summed E-state index contributed by atoms with van der Waals surface area (Å²) in [7, 11) is 0. The van der Waals surface area contributed by atoms with Crippen molar-refractivity contribution in [2.24, 2.45) is 5.73 Å². The molecule has 2 heterocycles. The van der Waals surface area contributed by atoms with Crippen molar-refractivity contribution in [2.45, 2.75) is 31.2 Å². The molecule has 3 N–H and O–H groups in total. The first-order valence-electron chi connectivity index (χ1n) is 12.5. The van der Waals surface area contributed by atoms with Gasteiger partial charge in [0.1, 0.15) is 11.0 Å². The standard InChI is InChI=1S/C30H25ClF3N3O2/c31-29-28(22(30(35)38)8-10-36-29)24-16-27(34)26(33)15-23(24)19-9-11-37(39)20(14-19)12-17-6-7-21(25(32)13-17)18-4-2-1-3-5-18/h1-8,10,13,15-16,19-20,39H,9,11-12,14H2,(H2,35,38). The van der Waals surface area contributed by atoms with Crippen molar-refractivity contribution in [3.05, 3.63) is 112 Å². The van der Waals surface area contributed by atoms with Crippen molar-refractivity contribution in [1.82, 2.24) is 10.0 Å². The van der Waals surface area contributed by atoms with Gasteiger partial charge in [0.25, 0.3) is 0 Å². The van der Waals surface area contributed by atoms with Crippen LogP contribution in [0.5, 0.6) is 0 Å². The molecular formula is C30H25ClF3N3O2. The van der Waals surface area contributed by atoms with Gasteiger partial charge in [-0.2, -0.15) is 5.06 Å². The lowest BCUT2D eigenvalue weighted by molar-refractivity contribution is -0.144. The Morgan fingerprint density at radius 3 is 2.46 bits per heavy atom. The van der Waals surface area contributed by atoms with E-state index in [-0.39, 0.29) is 40.1 Å². The monoisotopic (exact) mass is 551 g/mol. The van der Waals surface area contributed by atoms with Gasteiger partial charge in [0.15, 0.2) is 11.6 Å². The lowest BCUT2D eigenvalue weighted by atomic mass is 9.80. The third-order valence-corrected chi connectivity index (χ3v) is 7.53. The molecule has 1 fully saturated rings. The Labute approximate surface area is 228 Å². The Kier molecular flexibility index (Phi) is 7.70. The van der Waals surface area contributed by atoms with Crippen molar-refractivity contribution in [1.29, 1.82) is 0 Å². The van der Waals surface area contributed by atoms with Crippen LogP contribution < -0.4 is 5.73 Å². The Morgan fingerprint density at radius 2 is 1.74 bits per heavy atom. The van der Waals surface area contributed by atoms with Gasteiger partial charge in [0.2, 0.25) is 5.91 Å². The van der Waals surface area contributed by atoms with E-state index < -0.39 is 23.6 Å². The normalized spacial score (nSPS) is 17.8. The maximum absolute atomic E-state index is 15.0. The Balaban J connectivity index is 1.47. The minimum absolute atomic E-state index is 0.0346. The second kappa shape index (κ2) is 11.2. The second-order valence-corrected chi connectivity index (χ2v) is 10.0. The average molecular weight is 552 g/mol. The molecule has 200 valence electrons. The highest BCUT2D eigenvalue weighted by Gasteiger charge is 2.32. The minimum Gasteiger partial charge on any atom is -0.366 e. The summed E-state index contributed by atoms with van der Waals surface area (Å²) in [6, 6.07) is 17.2. The van der Waals surface area contributed by atoms with Crippen LogP contribution in [0.1, 0.15) is 40.2 Å². The van der Waals surface area contributed by atoms with E-state index in [0.717, 1.165) is 17.7 Å². The van der Waals surface area contributed by atoms with E-state index in [1.807, 2.05) is 36.4 Å². The number of nitrogens with zero attached hydrogens (tertiary/aromatic N) is 2. The maximum atomic E-state index is 15.0. The van der Waals surface area contributed by atoms with Crippen LogP contribution in [0.15, 0.2) is 72.9 Å². The molecule has 1 aromatic heterocycles. The SMILES string of the molecule is NC(=O)c1ccnc(Cl)c1-c1cc(F)c(F)cc1C1CCN(O)C(Cc2ccc(-c3ccccc3)c(F)c2)C1. The molecule has 5 rings (SSSR count). The first-order chi connectivity index (χ1) is 18.7. The number of hydrogen-bond donors (Lipinski definition) is 2. The smallest absolute Gasteiger partial charge is 0.249 e. The van der Waals surface area contributed by atoms with E-state index in [2.05, 4.69) is 4.98 Å². The maximum Gasteiger partial charge on any atom is 0.249 e. The second-order valence-electron chi connectivity index (χ2n) is 9.66. The number of primary amides is 1. The van der Waals surface area contributed by atoms with E-state index in [1.165, 1.54) is 23.4 Å². The highest BCUT2D eigenvalue weighted by atomic mass is 35.5. The van der Waals surface area contributed by atoms with Gasteiger partial charge >= 0.3 is 0 Å². The fourth-order valence-corrected chi connectivity index (χ4v) is 5.59. The van der Waals surface area contributed by atoms with Gasteiger partial charge in [-0.25, -0.2) is 18.2 Å². The number of carbonyl (C=O) groups excluding carboxylic acids is 1. The molecule has 2 atom stereocenters. The summed E-state index contributed by atoms with van der Waals surface area (Å²) in [4.78, 5) is 16.1. The van der Waals surface area contributed by atoms with Crippen LogP contribution in [-0.4, -0.2) is 33.7 Å². The third-order valence-electron chi connectivity index (χ3n) is 7.25. The molecule has 0 saturated carbocycles. The Hall–Kier alpha value is -3.72. The predicted octanol–water partition coefficient (Wildman–Crippen LogP) is 6.77. The number of halogens is 4. The van der Waals surface area contributed by atoms with Crippen LogP contribution in [0, 0.1) is 17.5 Å². The summed E-state index contributed by atoms with van der Waals surface area (Å²) in [5.41, 5.74) is 8.27. The molecule has 0 aliphatic carbocycles. The highest BCUT2D eigenvalue weighted by Crippen LogP contribution is 2.41. The summed E-state index contributed by atoms with van der Waals surface area (Å²) in [5, 5.41) is 11.8. The zero-order chi connectivity index (χ0) is 27.7. The summed E-state index contributed by atoms with van der Waals surface area (Å²) < 4.78 is 44.0. The highest BCUT2D eigenvalue weighted by molar-refractivity contribution is 6.33. The minimum atomic E-state index is -1.10. The van der Waals surface area contributed by atoms with Crippen LogP contribution in [0.4, 0.5) is 13.2 Å². The molecule has 39 heavy (non-hydrogen) atoms. The molecule has 0 spiro atoms. The van der Waals surface area contributed by atoms with Crippen LogP contribution in [-0.2, 0) is 6.42 Å². The number of nitrogens with two attached hydrogens (primary N) is 1. The molecule has 1 aliphatic heterocycles. The first kappa shape index (κ1) is 26.9. The molecule has 3 aromatic carbocycles. The number of carbonyl (C=O) groups is 1. The fourth-order valence-electron chi connectivity index (χ4n) is 5.33. The van der Waals surface area contributed by atoms with Gasteiger partial charge in [0, 0.05) is 29.9 Å². The van der Waals surface area contributed by atoms with Gasteiger partial charge in [-0.3, -0.25) is 4.79 Å².